The molecule has 2 aliphatic heterocycles. The van der Waals surface area contributed by atoms with Crippen LogP contribution in [0.2, 0.25) is 0 Å². The van der Waals surface area contributed by atoms with Crippen LogP contribution < -0.4 is 15.5 Å². The number of nitrogens with one attached hydrogen (secondary N) is 2. The van der Waals surface area contributed by atoms with Crippen LogP contribution in [0.15, 0.2) is 73.4 Å². The number of hydrogen-bond donors (Lipinski definition) is 3. The Morgan fingerprint density at radius 1 is 0.878 bits per heavy atom. The number of amides is 1. The molecule has 12 nitrogen and oxygen atoms in total. The van der Waals surface area contributed by atoms with E-state index in [9.17, 15) is 9.59 Å². The zero-order valence-electron chi connectivity index (χ0n) is 28.1. The highest BCUT2D eigenvalue weighted by molar-refractivity contribution is 5.87. The molecule has 0 aliphatic carbocycles. The molecule has 2 aliphatic rings. The van der Waals surface area contributed by atoms with E-state index in [2.05, 4.69) is 60.8 Å². The maximum Gasteiger partial charge on any atom is 0.303 e. The molecule has 3 N–H and O–H groups in total. The van der Waals surface area contributed by atoms with Gasteiger partial charge in [-0.3, -0.25) is 19.1 Å². The maximum atomic E-state index is 12.5. The van der Waals surface area contributed by atoms with E-state index in [0.29, 0.717) is 36.2 Å². The molecule has 2 fully saturated rings. The number of carboxylic acid groups (broad SMARTS) is 1. The Bertz CT molecular complexity index is 1700. The highest BCUT2D eigenvalue weighted by Crippen LogP contribution is 2.32. The molecule has 2 aromatic heterocycles. The third-order valence-corrected chi connectivity index (χ3v) is 9.44. The standard InChI is InChI=1S/C37H47N9O3/c1-2-33(47)45-21-11-14-31(27-45)46-35-32(41-37(46)40-28-12-7-6-8-13-28)26-38-36(42-35)39-29-16-18-30(19-17-29)44-24-22-43(23-25-44)20-10-5-3-4-9-15-34(48)49/h2,6-8,12-13,16-19,26,31H,1,3-5,9-11,14-15,20-25,27H2,(H,40,41)(H,48,49)(H,38,39,42)/t31-/m0/s1. The first kappa shape index (κ1) is 33.9. The molecule has 0 radical (unpaired) electrons. The average Bonchev–Trinajstić information content (AvgIpc) is 3.48. The normalized spacial score (nSPS) is 16.9. The summed E-state index contributed by atoms with van der Waals surface area (Å²) in [5, 5.41) is 15.6. The third kappa shape index (κ3) is 8.94. The van der Waals surface area contributed by atoms with E-state index >= 15 is 0 Å². The van der Waals surface area contributed by atoms with Gasteiger partial charge in [-0.15, -0.1) is 0 Å². The summed E-state index contributed by atoms with van der Waals surface area (Å²) < 4.78 is 2.11. The lowest BCUT2D eigenvalue weighted by molar-refractivity contribution is -0.137. The van der Waals surface area contributed by atoms with Crippen molar-refractivity contribution in [2.45, 2.75) is 57.4 Å². The minimum Gasteiger partial charge on any atom is -0.481 e. The number of aliphatic carboxylic acids is 1. The summed E-state index contributed by atoms with van der Waals surface area (Å²) >= 11 is 0. The van der Waals surface area contributed by atoms with Crippen molar-refractivity contribution in [1.29, 1.82) is 0 Å². The van der Waals surface area contributed by atoms with Crippen LogP contribution in [0.1, 0.15) is 57.4 Å². The number of aromatic nitrogens is 4. The molecule has 6 rings (SSSR count). The molecule has 258 valence electrons. The van der Waals surface area contributed by atoms with Gasteiger partial charge in [0.2, 0.25) is 17.8 Å². The molecule has 4 heterocycles. The van der Waals surface area contributed by atoms with Crippen LogP contribution >= 0.6 is 0 Å². The predicted octanol–water partition coefficient (Wildman–Crippen LogP) is 6.21. The highest BCUT2D eigenvalue weighted by atomic mass is 16.4. The molecular weight excluding hydrogens is 618 g/mol. The van der Waals surface area contributed by atoms with Crippen LogP contribution in [0.25, 0.3) is 11.2 Å². The first-order valence-corrected chi connectivity index (χ1v) is 17.5. The Hall–Kier alpha value is -4.97. The maximum absolute atomic E-state index is 12.5. The van der Waals surface area contributed by atoms with Crippen molar-refractivity contribution < 1.29 is 14.7 Å². The Morgan fingerprint density at radius 3 is 2.37 bits per heavy atom. The summed E-state index contributed by atoms with van der Waals surface area (Å²) in [5.41, 5.74) is 4.41. The number of piperazine rings is 1. The van der Waals surface area contributed by atoms with E-state index in [0.717, 1.165) is 82.6 Å². The van der Waals surface area contributed by atoms with Gasteiger partial charge in [0.05, 0.1) is 12.2 Å². The fraction of sp³-hybridized carbons (Fsp3) is 0.432. The summed E-state index contributed by atoms with van der Waals surface area (Å²) in [4.78, 5) is 44.4. The second-order valence-electron chi connectivity index (χ2n) is 12.9. The second kappa shape index (κ2) is 16.4. The van der Waals surface area contributed by atoms with Crippen LogP contribution in [0.3, 0.4) is 0 Å². The van der Waals surface area contributed by atoms with Gasteiger partial charge in [-0.25, -0.2) is 9.97 Å². The van der Waals surface area contributed by atoms with E-state index < -0.39 is 5.97 Å². The van der Waals surface area contributed by atoms with E-state index in [1.54, 1.807) is 6.20 Å². The largest absolute Gasteiger partial charge is 0.481 e. The van der Waals surface area contributed by atoms with Crippen LogP contribution in [0.4, 0.5) is 29.0 Å². The van der Waals surface area contributed by atoms with Gasteiger partial charge in [-0.2, -0.15) is 4.98 Å². The number of carboxylic acids is 1. The fourth-order valence-electron chi connectivity index (χ4n) is 6.79. The topological polar surface area (TPSA) is 132 Å². The summed E-state index contributed by atoms with van der Waals surface area (Å²) in [5.74, 6) is 0.395. The monoisotopic (exact) mass is 665 g/mol. The number of para-hydroxylation sites is 1. The van der Waals surface area contributed by atoms with Crippen LogP contribution in [-0.2, 0) is 9.59 Å². The first-order valence-electron chi connectivity index (χ1n) is 17.5. The van der Waals surface area contributed by atoms with Gasteiger partial charge >= 0.3 is 5.97 Å². The smallest absolute Gasteiger partial charge is 0.303 e. The molecular formula is C37H47N9O3. The number of nitrogens with zero attached hydrogens (tertiary/aromatic N) is 7. The molecule has 2 aromatic carbocycles. The molecule has 4 aromatic rings. The van der Waals surface area contributed by atoms with Crippen molar-refractivity contribution in [2.75, 3.05) is 61.3 Å². The number of benzene rings is 2. The van der Waals surface area contributed by atoms with Gasteiger partial charge in [0.25, 0.3) is 0 Å². The Morgan fingerprint density at radius 2 is 1.61 bits per heavy atom. The quantitative estimate of drug-likeness (QED) is 0.0995. The predicted molar refractivity (Wildman–Crippen MR) is 194 cm³/mol. The summed E-state index contributed by atoms with van der Waals surface area (Å²) in [6.45, 7) is 10.1. The number of imidazole rings is 1. The van der Waals surface area contributed by atoms with Gasteiger partial charge in [-0.1, -0.05) is 44.0 Å². The number of fused-ring (bicyclic) bond motifs is 1. The minimum absolute atomic E-state index is 0.00759. The van der Waals surface area contributed by atoms with Gasteiger partial charge < -0.3 is 25.5 Å². The summed E-state index contributed by atoms with van der Waals surface area (Å²) in [6, 6.07) is 18.4. The van der Waals surface area contributed by atoms with Crippen LogP contribution in [0.5, 0.6) is 0 Å². The molecule has 1 atom stereocenters. The zero-order chi connectivity index (χ0) is 34.0. The Balaban J connectivity index is 1.09. The lowest BCUT2D eigenvalue weighted by Gasteiger charge is -2.36. The number of carbonyl (C=O) groups is 2. The molecule has 0 saturated carbocycles. The fourth-order valence-corrected chi connectivity index (χ4v) is 6.79. The van der Waals surface area contributed by atoms with E-state index in [-0.39, 0.29) is 18.4 Å². The van der Waals surface area contributed by atoms with Gasteiger partial charge in [0.15, 0.2) is 5.65 Å². The molecule has 2 saturated heterocycles. The number of unbranched alkanes of at least 4 members (excludes halogenated alkanes) is 4. The van der Waals surface area contributed by atoms with Crippen molar-refractivity contribution in [3.8, 4) is 0 Å². The molecule has 0 bridgehead atoms. The second-order valence-corrected chi connectivity index (χ2v) is 12.9. The lowest BCUT2D eigenvalue weighted by atomic mass is 10.1. The lowest BCUT2D eigenvalue weighted by Crippen LogP contribution is -2.46. The van der Waals surface area contributed by atoms with E-state index in [1.165, 1.54) is 18.2 Å². The molecule has 1 amide bonds. The average molecular weight is 666 g/mol. The number of anilines is 5. The van der Waals surface area contributed by atoms with E-state index in [4.69, 9.17) is 15.1 Å². The first-order chi connectivity index (χ1) is 24.0. The molecule has 0 unspecified atom stereocenters. The van der Waals surface area contributed by atoms with Crippen molar-refractivity contribution in [3.05, 3.63) is 73.4 Å². The van der Waals surface area contributed by atoms with Gasteiger partial charge in [0.1, 0.15) is 5.52 Å². The summed E-state index contributed by atoms with van der Waals surface area (Å²) in [7, 11) is 0. The number of rotatable bonds is 15. The third-order valence-electron chi connectivity index (χ3n) is 9.44. The number of piperidine rings is 1. The number of likely N-dealkylation sites (tertiary alicyclic amines) is 1. The van der Waals surface area contributed by atoms with Crippen molar-refractivity contribution >= 4 is 52.0 Å². The van der Waals surface area contributed by atoms with E-state index in [1.807, 2.05) is 35.2 Å². The van der Waals surface area contributed by atoms with Crippen LogP contribution in [0, 0.1) is 0 Å². The highest BCUT2D eigenvalue weighted by Gasteiger charge is 2.28. The van der Waals surface area contributed by atoms with Crippen molar-refractivity contribution in [1.82, 2.24) is 29.3 Å². The van der Waals surface area contributed by atoms with Crippen molar-refractivity contribution in [2.24, 2.45) is 0 Å². The Kier molecular flexibility index (Phi) is 11.4. The molecule has 49 heavy (non-hydrogen) atoms. The SMILES string of the molecule is C=CC(=O)N1CCC[C@H](n2c(Nc3ccccc3)nc3cnc(Nc4ccc(N5CCN(CCCCCCCC(=O)O)CC5)cc4)nc32)C1. The van der Waals surface area contributed by atoms with Crippen molar-refractivity contribution in [3.63, 3.8) is 0 Å². The van der Waals surface area contributed by atoms with Crippen LogP contribution in [-0.4, -0.2) is 92.1 Å². The minimum atomic E-state index is -0.696. The van der Waals surface area contributed by atoms with Gasteiger partial charge in [0, 0.05) is 62.8 Å². The van der Waals surface area contributed by atoms with Gasteiger partial charge in [-0.05, 0) is 74.7 Å². The molecule has 12 heteroatoms. The number of carbonyl (C=O) groups excluding carboxylic acids is 1. The Labute approximate surface area is 287 Å². The molecule has 0 spiro atoms. The zero-order valence-corrected chi connectivity index (χ0v) is 28.1. The summed E-state index contributed by atoms with van der Waals surface area (Å²) in [6.07, 6.45) is 10.4. The number of hydrogen-bond acceptors (Lipinski definition) is 9.